The van der Waals surface area contributed by atoms with Crippen molar-refractivity contribution in [2.75, 3.05) is 7.05 Å². The Labute approximate surface area is 78.9 Å². The molecule has 2 heteroatoms. The maximum absolute atomic E-state index is 9.19. The molecule has 0 saturated heterocycles. The van der Waals surface area contributed by atoms with Crippen molar-refractivity contribution in [2.45, 2.75) is 13.0 Å². The molecule has 2 nitrogen and oxygen atoms in total. The van der Waals surface area contributed by atoms with E-state index in [0.29, 0.717) is 11.8 Å². The zero-order chi connectivity index (χ0) is 9.68. The van der Waals surface area contributed by atoms with Crippen LogP contribution in [0.25, 0.3) is 6.08 Å². The fraction of sp³-hybridized carbons (Fsp3) is 0.273. The predicted octanol–water partition coefficient (Wildman–Crippen LogP) is 2.01. The van der Waals surface area contributed by atoms with Crippen molar-refractivity contribution in [3.8, 4) is 5.75 Å². The van der Waals surface area contributed by atoms with E-state index in [1.807, 2.05) is 25.3 Å². The molecule has 0 fully saturated rings. The van der Waals surface area contributed by atoms with Gasteiger partial charge in [-0.05, 0) is 31.7 Å². The molecule has 0 spiro atoms. The van der Waals surface area contributed by atoms with Crippen LogP contribution in [0.1, 0.15) is 12.5 Å². The second-order valence-electron chi connectivity index (χ2n) is 3.03. The highest BCUT2D eigenvalue weighted by Gasteiger charge is 1.91. The lowest BCUT2D eigenvalue weighted by atomic mass is 10.2. The lowest BCUT2D eigenvalue weighted by molar-refractivity contribution is 0.475. The molecule has 0 aliphatic rings. The van der Waals surface area contributed by atoms with Crippen molar-refractivity contribution in [3.63, 3.8) is 0 Å². The van der Waals surface area contributed by atoms with Gasteiger partial charge in [0.25, 0.3) is 0 Å². The minimum absolute atomic E-state index is 0.305. The number of likely N-dealkylation sites (N-methyl/N-ethyl adjacent to an activating group) is 1. The normalized spacial score (nSPS) is 13.4. The van der Waals surface area contributed by atoms with Crippen LogP contribution >= 0.6 is 0 Å². The van der Waals surface area contributed by atoms with E-state index in [0.717, 1.165) is 5.56 Å². The summed E-state index contributed by atoms with van der Waals surface area (Å²) in [5, 5.41) is 12.3. The quantitative estimate of drug-likeness (QED) is 0.740. The molecule has 13 heavy (non-hydrogen) atoms. The Morgan fingerprint density at radius 1 is 1.46 bits per heavy atom. The second-order valence-corrected chi connectivity index (χ2v) is 3.03. The maximum Gasteiger partial charge on any atom is 0.116 e. The lowest BCUT2D eigenvalue weighted by Gasteiger charge is -2.02. The van der Waals surface area contributed by atoms with E-state index in [1.165, 1.54) is 0 Å². The zero-order valence-electron chi connectivity index (χ0n) is 7.99. The smallest absolute Gasteiger partial charge is 0.116 e. The molecule has 1 rings (SSSR count). The highest BCUT2D eigenvalue weighted by molar-refractivity contribution is 5.51. The van der Waals surface area contributed by atoms with Gasteiger partial charge in [-0.2, -0.15) is 0 Å². The van der Waals surface area contributed by atoms with Crippen molar-refractivity contribution >= 4 is 6.08 Å². The van der Waals surface area contributed by atoms with Crippen molar-refractivity contribution in [2.24, 2.45) is 0 Å². The van der Waals surface area contributed by atoms with Gasteiger partial charge in [-0.3, -0.25) is 0 Å². The van der Waals surface area contributed by atoms with Gasteiger partial charge >= 0.3 is 0 Å². The number of benzene rings is 1. The number of aromatic hydroxyl groups is 1. The van der Waals surface area contributed by atoms with Gasteiger partial charge in [-0.25, -0.2) is 0 Å². The fourth-order valence-electron chi connectivity index (χ4n) is 0.980. The van der Waals surface area contributed by atoms with E-state index in [-0.39, 0.29) is 0 Å². The highest BCUT2D eigenvalue weighted by atomic mass is 16.3. The Bertz CT molecular complexity index is 294. The number of nitrogens with one attached hydrogen (secondary N) is 1. The first-order chi connectivity index (χ1) is 6.22. The van der Waals surface area contributed by atoms with Crippen LogP contribution in [0, 0.1) is 0 Å². The molecule has 2 N–H and O–H groups in total. The van der Waals surface area contributed by atoms with Crippen LogP contribution in [0.15, 0.2) is 30.3 Å². The Balaban J connectivity index is 2.68. The Morgan fingerprint density at radius 3 is 2.85 bits per heavy atom. The Kier molecular flexibility index (Phi) is 3.53. The maximum atomic E-state index is 9.19. The third-order valence-electron chi connectivity index (χ3n) is 1.90. The van der Waals surface area contributed by atoms with Gasteiger partial charge in [-0.1, -0.05) is 24.3 Å². The molecule has 0 heterocycles. The number of phenols is 1. The number of phenolic OH excluding ortho intramolecular Hbond substituents is 1. The minimum Gasteiger partial charge on any atom is -0.508 e. The van der Waals surface area contributed by atoms with Crippen molar-refractivity contribution in [3.05, 3.63) is 35.9 Å². The van der Waals surface area contributed by atoms with Crippen molar-refractivity contribution < 1.29 is 5.11 Å². The van der Waals surface area contributed by atoms with E-state index in [2.05, 4.69) is 18.3 Å². The van der Waals surface area contributed by atoms with E-state index >= 15 is 0 Å². The first-order valence-corrected chi connectivity index (χ1v) is 4.37. The SMILES string of the molecule is CNC(C)/C=C\c1cccc(O)c1. The van der Waals surface area contributed by atoms with Crippen LogP contribution in [0.4, 0.5) is 0 Å². The largest absolute Gasteiger partial charge is 0.508 e. The van der Waals surface area contributed by atoms with Crippen LogP contribution in [-0.4, -0.2) is 18.2 Å². The Morgan fingerprint density at radius 2 is 2.23 bits per heavy atom. The number of hydrogen-bond donors (Lipinski definition) is 2. The number of rotatable bonds is 3. The molecular formula is C11H15NO. The van der Waals surface area contributed by atoms with Crippen molar-refractivity contribution in [1.29, 1.82) is 0 Å². The molecular weight excluding hydrogens is 162 g/mol. The van der Waals surface area contributed by atoms with E-state index in [1.54, 1.807) is 12.1 Å². The molecule has 70 valence electrons. The summed E-state index contributed by atoms with van der Waals surface area (Å²) in [5.74, 6) is 0.305. The predicted molar refractivity (Wildman–Crippen MR) is 55.7 cm³/mol. The minimum atomic E-state index is 0.305. The first-order valence-electron chi connectivity index (χ1n) is 4.37. The van der Waals surface area contributed by atoms with Crippen molar-refractivity contribution in [1.82, 2.24) is 5.32 Å². The molecule has 0 saturated carbocycles. The monoisotopic (exact) mass is 177 g/mol. The van der Waals surface area contributed by atoms with Crippen LogP contribution in [0.3, 0.4) is 0 Å². The summed E-state index contributed by atoms with van der Waals surface area (Å²) in [4.78, 5) is 0. The van der Waals surface area contributed by atoms with Crippen LogP contribution < -0.4 is 5.32 Å². The zero-order valence-corrected chi connectivity index (χ0v) is 7.99. The van der Waals surface area contributed by atoms with Gasteiger partial charge in [0.15, 0.2) is 0 Å². The molecule has 0 aliphatic heterocycles. The summed E-state index contributed by atoms with van der Waals surface area (Å²) >= 11 is 0. The lowest BCUT2D eigenvalue weighted by Crippen LogP contribution is -2.17. The third kappa shape index (κ3) is 3.30. The van der Waals surface area contributed by atoms with Gasteiger partial charge < -0.3 is 10.4 Å². The first kappa shape index (κ1) is 9.81. The number of hydrogen-bond acceptors (Lipinski definition) is 2. The molecule has 0 aromatic heterocycles. The molecule has 1 aromatic rings. The standard InChI is InChI=1S/C11H15NO/c1-9(12-2)6-7-10-4-3-5-11(13)8-10/h3-9,12-13H,1-2H3/b7-6-. The van der Waals surface area contributed by atoms with Gasteiger partial charge in [0.05, 0.1) is 0 Å². The molecule has 1 unspecified atom stereocenters. The van der Waals surface area contributed by atoms with E-state index < -0.39 is 0 Å². The molecule has 1 aromatic carbocycles. The highest BCUT2D eigenvalue weighted by Crippen LogP contribution is 2.12. The summed E-state index contributed by atoms with van der Waals surface area (Å²) in [6, 6.07) is 7.54. The summed E-state index contributed by atoms with van der Waals surface area (Å²) in [7, 11) is 1.91. The fourth-order valence-corrected chi connectivity index (χ4v) is 0.980. The topological polar surface area (TPSA) is 32.3 Å². The summed E-state index contributed by atoms with van der Waals surface area (Å²) in [6.07, 6.45) is 4.04. The average molecular weight is 177 g/mol. The molecule has 1 atom stereocenters. The Hall–Kier alpha value is -1.28. The second kappa shape index (κ2) is 4.67. The summed E-state index contributed by atoms with van der Waals surface area (Å²) < 4.78 is 0. The van der Waals surface area contributed by atoms with Crippen LogP contribution in [0.2, 0.25) is 0 Å². The molecule has 0 bridgehead atoms. The van der Waals surface area contributed by atoms with Crippen LogP contribution in [0.5, 0.6) is 5.75 Å². The molecule has 0 radical (unpaired) electrons. The van der Waals surface area contributed by atoms with E-state index in [9.17, 15) is 5.11 Å². The average Bonchev–Trinajstić information content (AvgIpc) is 2.14. The van der Waals surface area contributed by atoms with Gasteiger partial charge in [-0.15, -0.1) is 0 Å². The summed E-state index contributed by atoms with van der Waals surface area (Å²) in [5.41, 5.74) is 1.02. The third-order valence-corrected chi connectivity index (χ3v) is 1.90. The summed E-state index contributed by atoms with van der Waals surface area (Å²) in [6.45, 7) is 2.07. The molecule has 0 amide bonds. The molecule has 0 aliphatic carbocycles. The van der Waals surface area contributed by atoms with E-state index in [4.69, 9.17) is 0 Å². The van der Waals surface area contributed by atoms with Gasteiger partial charge in [0.2, 0.25) is 0 Å². The van der Waals surface area contributed by atoms with Gasteiger partial charge in [0.1, 0.15) is 5.75 Å². The van der Waals surface area contributed by atoms with Crippen LogP contribution in [-0.2, 0) is 0 Å². The van der Waals surface area contributed by atoms with Gasteiger partial charge in [0, 0.05) is 6.04 Å².